The average Bonchev–Trinajstić information content (AvgIpc) is 3.42. The zero-order chi connectivity index (χ0) is 23.0. The van der Waals surface area contributed by atoms with Crippen molar-refractivity contribution in [2.75, 3.05) is 38.1 Å². The van der Waals surface area contributed by atoms with E-state index in [1.807, 2.05) is 38.2 Å². The highest BCUT2D eigenvalue weighted by molar-refractivity contribution is 6.03. The highest BCUT2D eigenvalue weighted by Gasteiger charge is 2.42. The lowest BCUT2D eigenvalue weighted by molar-refractivity contribution is -0.133. The van der Waals surface area contributed by atoms with E-state index in [0.29, 0.717) is 24.8 Å². The number of nitrogens with zero attached hydrogens (tertiary/aromatic N) is 3. The van der Waals surface area contributed by atoms with Gasteiger partial charge in [0.15, 0.2) is 0 Å². The summed E-state index contributed by atoms with van der Waals surface area (Å²) in [4.78, 5) is 32.4. The normalized spacial score (nSPS) is 21.2. The summed E-state index contributed by atoms with van der Waals surface area (Å²) in [6, 6.07) is 16.5. The Bertz CT molecular complexity index is 1040. The summed E-state index contributed by atoms with van der Waals surface area (Å²) in [5.74, 6) is 0.0937. The number of aryl methyl sites for hydroxylation is 1. The van der Waals surface area contributed by atoms with Gasteiger partial charge in [-0.1, -0.05) is 42.5 Å². The van der Waals surface area contributed by atoms with Crippen LogP contribution in [-0.2, 0) is 27.8 Å². The molecule has 1 saturated heterocycles. The number of benzene rings is 2. The molecular formula is C28H35N3O2. The Morgan fingerprint density at radius 2 is 1.70 bits per heavy atom. The van der Waals surface area contributed by atoms with Gasteiger partial charge in [-0.15, -0.1) is 0 Å². The van der Waals surface area contributed by atoms with Crippen LogP contribution in [0.1, 0.15) is 49.3 Å². The van der Waals surface area contributed by atoms with Crippen molar-refractivity contribution < 1.29 is 9.59 Å². The van der Waals surface area contributed by atoms with E-state index < -0.39 is 6.04 Å². The molecule has 0 aromatic heterocycles. The number of piperidine rings is 1. The molecule has 2 aliphatic heterocycles. The van der Waals surface area contributed by atoms with Crippen LogP contribution >= 0.6 is 0 Å². The van der Waals surface area contributed by atoms with Gasteiger partial charge < -0.3 is 9.80 Å². The summed E-state index contributed by atoms with van der Waals surface area (Å²) in [6.45, 7) is 5.46. The van der Waals surface area contributed by atoms with E-state index in [1.54, 1.807) is 15.4 Å². The molecule has 33 heavy (non-hydrogen) atoms. The third kappa shape index (κ3) is 3.97. The van der Waals surface area contributed by atoms with Crippen molar-refractivity contribution in [3.05, 3.63) is 65.2 Å². The molecule has 3 aliphatic rings. The predicted octanol–water partition coefficient (Wildman–Crippen LogP) is 3.79. The van der Waals surface area contributed by atoms with E-state index in [4.69, 9.17) is 0 Å². The molecule has 0 N–H and O–H groups in total. The molecule has 1 fully saturated rings. The quantitative estimate of drug-likeness (QED) is 0.703. The maximum Gasteiger partial charge on any atom is 0.245 e. The first-order chi connectivity index (χ1) is 16.0. The fraction of sp³-hybridized carbons (Fsp3) is 0.500. The van der Waals surface area contributed by atoms with Gasteiger partial charge in [-0.2, -0.15) is 0 Å². The summed E-state index contributed by atoms with van der Waals surface area (Å²) in [7, 11) is 1.82. The van der Waals surface area contributed by atoms with E-state index in [9.17, 15) is 9.59 Å². The molecule has 2 aromatic rings. The Morgan fingerprint density at radius 3 is 2.45 bits per heavy atom. The van der Waals surface area contributed by atoms with E-state index in [0.717, 1.165) is 30.9 Å². The van der Waals surface area contributed by atoms with Crippen molar-refractivity contribution in [2.45, 2.75) is 56.9 Å². The number of amides is 2. The van der Waals surface area contributed by atoms with Gasteiger partial charge in [0.1, 0.15) is 6.04 Å². The molecule has 2 aromatic carbocycles. The van der Waals surface area contributed by atoms with Gasteiger partial charge in [-0.05, 0) is 73.9 Å². The molecule has 2 amide bonds. The number of carbonyl (C=O) groups is 2. The van der Waals surface area contributed by atoms with Crippen LogP contribution in [0, 0.1) is 0 Å². The van der Waals surface area contributed by atoms with Crippen LogP contribution in [0.25, 0.3) is 0 Å². The minimum Gasteiger partial charge on any atom is -0.344 e. The lowest BCUT2D eigenvalue weighted by Gasteiger charge is -2.40. The second-order valence-corrected chi connectivity index (χ2v) is 9.99. The lowest BCUT2D eigenvalue weighted by Crippen LogP contribution is -2.49. The number of rotatable bonds is 5. The van der Waals surface area contributed by atoms with Crippen molar-refractivity contribution in [2.24, 2.45) is 0 Å². The number of anilines is 1. The fourth-order valence-electron chi connectivity index (χ4n) is 6.16. The largest absolute Gasteiger partial charge is 0.344 e. The van der Waals surface area contributed by atoms with Crippen molar-refractivity contribution in [1.82, 2.24) is 9.80 Å². The molecule has 5 nitrogen and oxygen atoms in total. The summed E-state index contributed by atoms with van der Waals surface area (Å²) < 4.78 is 0. The van der Waals surface area contributed by atoms with Crippen LogP contribution in [0.3, 0.4) is 0 Å². The third-order valence-corrected chi connectivity index (χ3v) is 8.30. The second kappa shape index (κ2) is 8.94. The topological polar surface area (TPSA) is 43.9 Å². The Labute approximate surface area is 197 Å². The van der Waals surface area contributed by atoms with Crippen molar-refractivity contribution in [3.8, 4) is 0 Å². The minimum atomic E-state index is -0.417. The number of hydrogen-bond acceptors (Lipinski definition) is 3. The molecule has 5 heteroatoms. The Kier molecular flexibility index (Phi) is 6.00. The van der Waals surface area contributed by atoms with Crippen LogP contribution < -0.4 is 4.90 Å². The molecule has 2 heterocycles. The second-order valence-electron chi connectivity index (χ2n) is 9.99. The number of hydrogen-bond donors (Lipinski definition) is 0. The Morgan fingerprint density at radius 1 is 1.00 bits per heavy atom. The third-order valence-electron chi connectivity index (χ3n) is 8.30. The van der Waals surface area contributed by atoms with Gasteiger partial charge in [0.2, 0.25) is 11.8 Å². The van der Waals surface area contributed by atoms with Crippen LogP contribution in [-0.4, -0.2) is 60.9 Å². The lowest BCUT2D eigenvalue weighted by atomic mass is 9.74. The molecule has 1 atom stereocenters. The van der Waals surface area contributed by atoms with Gasteiger partial charge in [0, 0.05) is 38.7 Å². The molecule has 0 radical (unpaired) electrons. The summed E-state index contributed by atoms with van der Waals surface area (Å²) in [5.41, 5.74) is 5.43. The van der Waals surface area contributed by atoms with Gasteiger partial charge in [0.05, 0.1) is 0 Å². The summed E-state index contributed by atoms with van der Waals surface area (Å²) >= 11 is 0. The molecule has 5 rings (SSSR count). The molecular weight excluding hydrogens is 410 g/mol. The molecule has 0 unspecified atom stereocenters. The van der Waals surface area contributed by atoms with Crippen molar-refractivity contribution >= 4 is 17.5 Å². The zero-order valence-electron chi connectivity index (χ0n) is 19.9. The van der Waals surface area contributed by atoms with E-state index in [2.05, 4.69) is 29.2 Å². The first-order valence-corrected chi connectivity index (χ1v) is 12.5. The highest BCUT2D eigenvalue weighted by Crippen LogP contribution is 2.46. The number of para-hydroxylation sites is 1. The Hall–Kier alpha value is -2.66. The number of carbonyl (C=O) groups excluding carboxylic acids is 2. The highest BCUT2D eigenvalue weighted by atomic mass is 16.2. The fourth-order valence-corrected chi connectivity index (χ4v) is 6.16. The van der Waals surface area contributed by atoms with E-state index in [1.165, 1.54) is 31.2 Å². The van der Waals surface area contributed by atoms with Crippen LogP contribution in [0.2, 0.25) is 0 Å². The van der Waals surface area contributed by atoms with Gasteiger partial charge in [-0.25, -0.2) is 0 Å². The number of fused-ring (bicyclic) bond motifs is 3. The molecule has 1 spiro atoms. The van der Waals surface area contributed by atoms with Crippen LogP contribution in [0.4, 0.5) is 5.69 Å². The molecule has 174 valence electrons. The smallest absolute Gasteiger partial charge is 0.245 e. The van der Waals surface area contributed by atoms with E-state index >= 15 is 0 Å². The van der Waals surface area contributed by atoms with Crippen molar-refractivity contribution in [1.29, 1.82) is 0 Å². The maximum atomic E-state index is 13.4. The van der Waals surface area contributed by atoms with E-state index in [-0.39, 0.29) is 11.8 Å². The monoisotopic (exact) mass is 445 g/mol. The molecule has 0 bridgehead atoms. The van der Waals surface area contributed by atoms with Gasteiger partial charge >= 0.3 is 0 Å². The molecule has 1 aliphatic carbocycles. The van der Waals surface area contributed by atoms with Crippen LogP contribution in [0.5, 0.6) is 0 Å². The van der Waals surface area contributed by atoms with Gasteiger partial charge in [0.25, 0.3) is 0 Å². The number of likely N-dealkylation sites (N-methyl/N-ethyl adjacent to an activating group) is 1. The van der Waals surface area contributed by atoms with Crippen molar-refractivity contribution in [3.63, 3.8) is 0 Å². The summed E-state index contributed by atoms with van der Waals surface area (Å²) in [5, 5.41) is 0. The summed E-state index contributed by atoms with van der Waals surface area (Å²) in [6.07, 6.45) is 5.87. The van der Waals surface area contributed by atoms with Crippen LogP contribution in [0.15, 0.2) is 48.5 Å². The average molecular weight is 446 g/mol. The zero-order valence-corrected chi connectivity index (χ0v) is 19.9. The van der Waals surface area contributed by atoms with Gasteiger partial charge in [-0.3, -0.25) is 14.5 Å². The predicted molar refractivity (Wildman–Crippen MR) is 131 cm³/mol. The maximum absolute atomic E-state index is 13.4. The number of likely N-dealkylation sites (tertiary alicyclic amines) is 1. The SMILES string of the molecule is CCN(C)C(=O)[C@@H]1Cc2ccccc2N1C(=O)CCN1CCC2(CCc3ccccc32)CC1. The molecule has 0 saturated carbocycles. The standard InChI is InChI=1S/C28H35N3O2/c1-3-29(2)27(33)25-20-22-9-5-7-11-24(22)31(25)26(32)13-17-30-18-15-28(16-19-30)14-12-21-8-4-6-10-23(21)28/h4-11,25H,3,12-20H2,1-2H3/t25-/m0/s1. The first-order valence-electron chi connectivity index (χ1n) is 12.5. The minimum absolute atomic E-state index is 0.0295. The first kappa shape index (κ1) is 22.1. The Balaban J connectivity index is 1.23.